The average molecular weight is 367 g/mol. The molecule has 132 valence electrons. The number of amides is 1. The Morgan fingerprint density at radius 3 is 2.74 bits per heavy atom. The number of aromatic nitrogens is 1. The highest BCUT2D eigenvalue weighted by Gasteiger charge is 2.35. The maximum Gasteiger partial charge on any atom is 0.265 e. The Morgan fingerprint density at radius 2 is 2.26 bits per heavy atom. The molecule has 4 N–H and O–H groups in total. The summed E-state index contributed by atoms with van der Waals surface area (Å²) in [5.41, 5.74) is 4.96. The molecule has 1 fully saturated rings. The molecule has 2 heterocycles. The lowest BCUT2D eigenvalue weighted by molar-refractivity contribution is 0.0992. The standard InChI is InChI=1S/C13H22N4O4S.ClH/c1-17-7-10(6-11(17)12(14)18)22(19,20)16-8-13(9-21-2)4-3-5-15-13;/h6-7,15-16H,3-5,8-9H2,1-2H3,(H2,14,18);1H. The summed E-state index contributed by atoms with van der Waals surface area (Å²) in [6.07, 6.45) is 3.18. The fourth-order valence-corrected chi connectivity index (χ4v) is 3.91. The Hall–Kier alpha value is -1.13. The van der Waals surface area contributed by atoms with Gasteiger partial charge in [0.25, 0.3) is 5.91 Å². The van der Waals surface area contributed by atoms with Gasteiger partial charge in [0.1, 0.15) is 10.6 Å². The van der Waals surface area contributed by atoms with E-state index >= 15 is 0 Å². The van der Waals surface area contributed by atoms with Gasteiger partial charge in [0.2, 0.25) is 10.0 Å². The summed E-state index contributed by atoms with van der Waals surface area (Å²) in [4.78, 5) is 11.2. The van der Waals surface area contributed by atoms with Gasteiger partial charge in [-0.2, -0.15) is 0 Å². The predicted octanol–water partition coefficient (Wildman–Crippen LogP) is -0.407. The lowest BCUT2D eigenvalue weighted by Crippen LogP contribution is -2.52. The molecule has 0 spiro atoms. The summed E-state index contributed by atoms with van der Waals surface area (Å²) in [5.74, 6) is -0.669. The molecular weight excluding hydrogens is 344 g/mol. The molecule has 0 saturated carbocycles. The summed E-state index contributed by atoms with van der Waals surface area (Å²) < 4.78 is 33.9. The number of carbonyl (C=O) groups is 1. The number of aryl methyl sites for hydroxylation is 1. The number of methoxy groups -OCH3 is 1. The molecule has 0 bridgehead atoms. The predicted molar refractivity (Wildman–Crippen MR) is 88.2 cm³/mol. The lowest BCUT2D eigenvalue weighted by Gasteiger charge is -2.28. The van der Waals surface area contributed by atoms with Crippen LogP contribution < -0.4 is 15.8 Å². The smallest absolute Gasteiger partial charge is 0.265 e. The van der Waals surface area contributed by atoms with Crippen molar-refractivity contribution >= 4 is 28.3 Å². The van der Waals surface area contributed by atoms with Crippen molar-refractivity contribution in [2.75, 3.05) is 26.8 Å². The molecule has 1 aromatic rings. The second kappa shape index (κ2) is 7.63. The molecule has 0 aromatic carbocycles. The number of nitrogens with zero attached hydrogens (tertiary/aromatic N) is 1. The zero-order valence-electron chi connectivity index (χ0n) is 13.2. The normalized spacial score (nSPS) is 21.1. The molecule has 1 aliphatic rings. The van der Waals surface area contributed by atoms with Crippen LogP contribution in [0.5, 0.6) is 0 Å². The van der Waals surface area contributed by atoms with Gasteiger partial charge in [0, 0.05) is 26.9 Å². The van der Waals surface area contributed by atoms with Crippen molar-refractivity contribution in [3.05, 3.63) is 18.0 Å². The van der Waals surface area contributed by atoms with Crippen LogP contribution >= 0.6 is 12.4 Å². The molecule has 1 amide bonds. The van der Waals surface area contributed by atoms with Crippen LogP contribution in [0.1, 0.15) is 23.3 Å². The number of hydrogen-bond acceptors (Lipinski definition) is 5. The first-order valence-electron chi connectivity index (χ1n) is 6.99. The fraction of sp³-hybridized carbons (Fsp3) is 0.615. The zero-order valence-corrected chi connectivity index (χ0v) is 14.8. The topological polar surface area (TPSA) is 115 Å². The van der Waals surface area contributed by atoms with E-state index in [4.69, 9.17) is 10.5 Å². The van der Waals surface area contributed by atoms with Gasteiger partial charge >= 0.3 is 0 Å². The number of nitrogens with two attached hydrogens (primary N) is 1. The van der Waals surface area contributed by atoms with Crippen LogP contribution in [-0.4, -0.2) is 51.2 Å². The zero-order chi connectivity index (χ0) is 16.4. The molecule has 1 aromatic heterocycles. The van der Waals surface area contributed by atoms with Gasteiger partial charge in [-0.25, -0.2) is 13.1 Å². The van der Waals surface area contributed by atoms with Crippen molar-refractivity contribution in [1.82, 2.24) is 14.6 Å². The van der Waals surface area contributed by atoms with Crippen LogP contribution in [0, 0.1) is 0 Å². The number of rotatable bonds is 7. The van der Waals surface area contributed by atoms with Crippen molar-refractivity contribution in [3.63, 3.8) is 0 Å². The highest BCUT2D eigenvalue weighted by molar-refractivity contribution is 7.89. The van der Waals surface area contributed by atoms with E-state index < -0.39 is 15.9 Å². The summed E-state index contributed by atoms with van der Waals surface area (Å²) in [6.45, 7) is 1.49. The van der Waals surface area contributed by atoms with E-state index in [1.165, 1.54) is 16.8 Å². The van der Waals surface area contributed by atoms with E-state index in [-0.39, 0.29) is 35.1 Å². The second-order valence-corrected chi connectivity index (χ2v) is 7.37. The molecule has 0 aliphatic carbocycles. The average Bonchev–Trinajstić information content (AvgIpc) is 3.05. The summed E-state index contributed by atoms with van der Waals surface area (Å²) in [5, 5.41) is 3.30. The highest BCUT2D eigenvalue weighted by atomic mass is 35.5. The maximum atomic E-state index is 12.4. The SMILES string of the molecule is COCC1(CNS(=O)(=O)c2cc(C(N)=O)n(C)c2)CCCN1.Cl. The molecule has 1 unspecified atom stereocenters. The summed E-state index contributed by atoms with van der Waals surface area (Å²) in [6, 6.07) is 1.27. The number of sulfonamides is 1. The van der Waals surface area contributed by atoms with Crippen molar-refractivity contribution in [2.45, 2.75) is 23.3 Å². The van der Waals surface area contributed by atoms with Gasteiger partial charge in [-0.1, -0.05) is 0 Å². The molecule has 8 nitrogen and oxygen atoms in total. The third kappa shape index (κ3) is 4.45. The minimum Gasteiger partial charge on any atom is -0.383 e. The molecule has 2 rings (SSSR count). The first kappa shape index (κ1) is 19.9. The van der Waals surface area contributed by atoms with Crippen molar-refractivity contribution in [1.29, 1.82) is 0 Å². The molecule has 10 heteroatoms. The number of ether oxygens (including phenoxy) is 1. The highest BCUT2D eigenvalue weighted by Crippen LogP contribution is 2.20. The number of nitrogens with one attached hydrogen (secondary N) is 2. The maximum absolute atomic E-state index is 12.4. The van der Waals surface area contributed by atoms with Gasteiger partial charge in [0.05, 0.1) is 12.1 Å². The minimum absolute atomic E-state index is 0. The van der Waals surface area contributed by atoms with Gasteiger partial charge < -0.3 is 20.4 Å². The quantitative estimate of drug-likeness (QED) is 0.607. The van der Waals surface area contributed by atoms with Crippen LogP contribution in [0.2, 0.25) is 0 Å². The lowest BCUT2D eigenvalue weighted by atomic mass is 9.99. The third-order valence-corrected chi connectivity index (χ3v) is 5.26. The van der Waals surface area contributed by atoms with Gasteiger partial charge in [0.15, 0.2) is 0 Å². The molecule has 1 aliphatic heterocycles. The first-order valence-corrected chi connectivity index (χ1v) is 8.48. The Bertz CT molecular complexity index is 653. The van der Waals surface area contributed by atoms with E-state index in [1.54, 1.807) is 14.2 Å². The van der Waals surface area contributed by atoms with E-state index in [0.717, 1.165) is 19.4 Å². The Morgan fingerprint density at radius 1 is 1.57 bits per heavy atom. The monoisotopic (exact) mass is 366 g/mol. The Kier molecular flexibility index (Phi) is 6.60. The first-order chi connectivity index (χ1) is 10.3. The largest absolute Gasteiger partial charge is 0.383 e. The van der Waals surface area contributed by atoms with Crippen LogP contribution in [0.4, 0.5) is 0 Å². The Balaban J connectivity index is 0.00000264. The van der Waals surface area contributed by atoms with Crippen molar-refractivity contribution < 1.29 is 17.9 Å². The van der Waals surface area contributed by atoms with Crippen molar-refractivity contribution in [3.8, 4) is 0 Å². The minimum atomic E-state index is -3.71. The van der Waals surface area contributed by atoms with Crippen LogP contribution in [0.15, 0.2) is 17.2 Å². The van der Waals surface area contributed by atoms with Crippen molar-refractivity contribution in [2.24, 2.45) is 12.8 Å². The van der Waals surface area contributed by atoms with E-state index in [2.05, 4.69) is 10.0 Å². The number of primary amides is 1. The van der Waals surface area contributed by atoms with E-state index in [9.17, 15) is 13.2 Å². The molecule has 1 saturated heterocycles. The van der Waals surface area contributed by atoms with Crippen LogP contribution in [0.25, 0.3) is 0 Å². The molecule has 0 radical (unpaired) electrons. The van der Waals surface area contributed by atoms with Crippen LogP contribution in [-0.2, 0) is 21.8 Å². The van der Waals surface area contributed by atoms with E-state index in [1.807, 2.05) is 0 Å². The number of halogens is 1. The Labute approximate surface area is 142 Å². The van der Waals surface area contributed by atoms with Crippen LogP contribution in [0.3, 0.4) is 0 Å². The summed E-state index contributed by atoms with van der Waals surface area (Å²) >= 11 is 0. The fourth-order valence-electron chi connectivity index (χ4n) is 2.71. The van der Waals surface area contributed by atoms with Gasteiger partial charge in [-0.15, -0.1) is 12.4 Å². The number of hydrogen-bond donors (Lipinski definition) is 3. The third-order valence-electron chi connectivity index (χ3n) is 3.90. The molecule has 23 heavy (non-hydrogen) atoms. The van der Waals surface area contributed by atoms with E-state index in [0.29, 0.717) is 6.61 Å². The molecular formula is C13H23ClN4O4S. The van der Waals surface area contributed by atoms with Gasteiger partial charge in [-0.05, 0) is 25.5 Å². The number of carbonyl (C=O) groups excluding carboxylic acids is 1. The molecule has 1 atom stereocenters. The van der Waals surface area contributed by atoms with Gasteiger partial charge in [-0.3, -0.25) is 4.79 Å². The second-order valence-electron chi connectivity index (χ2n) is 5.60. The summed E-state index contributed by atoms with van der Waals surface area (Å²) in [7, 11) is -0.550.